The summed E-state index contributed by atoms with van der Waals surface area (Å²) in [5.74, 6) is 0.0746. The lowest BCUT2D eigenvalue weighted by molar-refractivity contribution is -0.0504. The van der Waals surface area contributed by atoms with Crippen molar-refractivity contribution in [2.75, 3.05) is 6.61 Å². The Morgan fingerprint density at radius 1 is 1.48 bits per heavy atom. The Balaban J connectivity index is 1.89. The van der Waals surface area contributed by atoms with E-state index in [9.17, 15) is 13.6 Å². The van der Waals surface area contributed by atoms with Gasteiger partial charge in [0.2, 0.25) is 0 Å². The number of rotatable bonds is 5. The molecule has 1 aromatic carbocycles. The van der Waals surface area contributed by atoms with Crippen molar-refractivity contribution < 1.29 is 23.0 Å². The lowest BCUT2D eigenvalue weighted by Gasteiger charge is -2.28. The smallest absolute Gasteiger partial charge is 0.387 e. The molecule has 23 heavy (non-hydrogen) atoms. The molecule has 0 spiro atoms. The molecule has 0 radical (unpaired) electrons. The fourth-order valence-corrected chi connectivity index (χ4v) is 2.60. The Kier molecular flexibility index (Phi) is 6.15. The summed E-state index contributed by atoms with van der Waals surface area (Å²) in [6.07, 6.45) is 1.65. The summed E-state index contributed by atoms with van der Waals surface area (Å²) >= 11 is 0. The van der Waals surface area contributed by atoms with Crippen LogP contribution in [0.25, 0.3) is 0 Å². The lowest BCUT2D eigenvalue weighted by atomic mass is 10.0. The highest BCUT2D eigenvalue weighted by atomic mass is 19.3. The third-order valence-corrected chi connectivity index (χ3v) is 3.69. The maximum atomic E-state index is 12.4. The highest BCUT2D eigenvalue weighted by Gasteiger charge is 2.21. The maximum absolute atomic E-state index is 12.4. The van der Waals surface area contributed by atoms with Gasteiger partial charge in [-0.2, -0.15) is 8.78 Å². The van der Waals surface area contributed by atoms with Crippen LogP contribution in [-0.2, 0) is 11.3 Å². The molecule has 1 aromatic rings. The minimum atomic E-state index is -2.89. The first-order valence-electron chi connectivity index (χ1n) is 7.64. The summed E-state index contributed by atoms with van der Waals surface area (Å²) in [4.78, 5) is 12.0. The topological polar surface area (TPSA) is 59.6 Å². The van der Waals surface area contributed by atoms with Crippen LogP contribution in [0, 0.1) is 6.92 Å². The van der Waals surface area contributed by atoms with Gasteiger partial charge in [0.1, 0.15) is 5.75 Å². The molecule has 1 aliphatic heterocycles. The van der Waals surface area contributed by atoms with Crippen molar-refractivity contribution in [3.8, 4) is 5.75 Å². The first-order chi connectivity index (χ1) is 10.9. The van der Waals surface area contributed by atoms with Gasteiger partial charge in [0.25, 0.3) is 0 Å². The molecular weight excluding hydrogens is 306 g/mol. The van der Waals surface area contributed by atoms with Gasteiger partial charge in [-0.1, -0.05) is 17.7 Å². The van der Waals surface area contributed by atoms with Crippen LogP contribution in [0.2, 0.25) is 0 Å². The van der Waals surface area contributed by atoms with Gasteiger partial charge in [-0.25, -0.2) is 4.79 Å². The van der Waals surface area contributed by atoms with E-state index >= 15 is 0 Å². The fourth-order valence-electron chi connectivity index (χ4n) is 2.60. The number of benzene rings is 1. The molecule has 2 amide bonds. The molecule has 128 valence electrons. The monoisotopic (exact) mass is 328 g/mol. The number of nitrogens with one attached hydrogen (secondary N) is 2. The second-order valence-electron chi connectivity index (χ2n) is 5.72. The first kappa shape index (κ1) is 17.5. The first-order valence-corrected chi connectivity index (χ1v) is 7.64. The van der Waals surface area contributed by atoms with Crippen molar-refractivity contribution in [2.24, 2.45) is 0 Å². The quantitative estimate of drug-likeness (QED) is 0.874. The molecule has 1 heterocycles. The molecule has 2 unspecified atom stereocenters. The Hall–Kier alpha value is -1.89. The van der Waals surface area contributed by atoms with Crippen molar-refractivity contribution in [3.63, 3.8) is 0 Å². The SMILES string of the molecule is Cc1ccc(OC(F)F)c(CNC(=O)NC2CCOC(C)C2)c1. The zero-order valence-electron chi connectivity index (χ0n) is 13.3. The summed E-state index contributed by atoms with van der Waals surface area (Å²) in [5.41, 5.74) is 1.42. The van der Waals surface area contributed by atoms with E-state index in [0.717, 1.165) is 18.4 Å². The van der Waals surface area contributed by atoms with Crippen LogP contribution >= 0.6 is 0 Å². The number of carbonyl (C=O) groups is 1. The van der Waals surface area contributed by atoms with Gasteiger partial charge in [-0.05, 0) is 32.8 Å². The van der Waals surface area contributed by atoms with E-state index in [1.807, 2.05) is 13.8 Å². The highest BCUT2D eigenvalue weighted by Crippen LogP contribution is 2.22. The van der Waals surface area contributed by atoms with E-state index in [0.29, 0.717) is 12.2 Å². The van der Waals surface area contributed by atoms with Gasteiger partial charge < -0.3 is 20.1 Å². The Morgan fingerprint density at radius 2 is 2.26 bits per heavy atom. The lowest BCUT2D eigenvalue weighted by Crippen LogP contribution is -2.45. The number of alkyl halides is 2. The third kappa shape index (κ3) is 5.67. The van der Waals surface area contributed by atoms with Crippen LogP contribution in [0.15, 0.2) is 18.2 Å². The second-order valence-corrected chi connectivity index (χ2v) is 5.72. The molecule has 0 aromatic heterocycles. The van der Waals surface area contributed by atoms with Crippen LogP contribution in [-0.4, -0.2) is 31.4 Å². The summed E-state index contributed by atoms with van der Waals surface area (Å²) in [7, 11) is 0. The van der Waals surface area contributed by atoms with E-state index in [4.69, 9.17) is 4.74 Å². The molecule has 1 aliphatic rings. The number of hydrogen-bond donors (Lipinski definition) is 2. The summed E-state index contributed by atoms with van der Waals surface area (Å²) in [6, 6.07) is 4.62. The van der Waals surface area contributed by atoms with Crippen LogP contribution in [0.1, 0.15) is 30.9 Å². The summed E-state index contributed by atoms with van der Waals surface area (Å²) in [6.45, 7) is 1.66. The number of carbonyl (C=O) groups excluding carboxylic acids is 1. The summed E-state index contributed by atoms with van der Waals surface area (Å²) in [5, 5.41) is 5.56. The third-order valence-electron chi connectivity index (χ3n) is 3.69. The van der Waals surface area contributed by atoms with Crippen LogP contribution in [0.3, 0.4) is 0 Å². The fraction of sp³-hybridized carbons (Fsp3) is 0.562. The highest BCUT2D eigenvalue weighted by molar-refractivity contribution is 5.74. The van der Waals surface area contributed by atoms with Gasteiger partial charge in [-0.15, -0.1) is 0 Å². The predicted molar refractivity (Wildman–Crippen MR) is 81.6 cm³/mol. The van der Waals surface area contributed by atoms with E-state index in [2.05, 4.69) is 15.4 Å². The molecule has 2 atom stereocenters. The van der Waals surface area contributed by atoms with Crippen molar-refractivity contribution >= 4 is 6.03 Å². The standard InChI is InChI=1S/C16H22F2N2O3/c1-10-3-4-14(23-15(17)18)12(7-10)9-19-16(21)20-13-5-6-22-11(2)8-13/h3-4,7,11,13,15H,5-6,8-9H2,1-2H3,(H2,19,20,21). The van der Waals surface area contributed by atoms with E-state index in [1.54, 1.807) is 12.1 Å². The average Bonchev–Trinajstić information content (AvgIpc) is 2.47. The molecular formula is C16H22F2N2O3. The van der Waals surface area contributed by atoms with Gasteiger partial charge in [0, 0.05) is 24.8 Å². The molecule has 7 heteroatoms. The average molecular weight is 328 g/mol. The number of hydrogen-bond acceptors (Lipinski definition) is 3. The Morgan fingerprint density at radius 3 is 2.96 bits per heavy atom. The second kappa shape index (κ2) is 8.10. The number of halogens is 2. The van der Waals surface area contributed by atoms with Crippen molar-refractivity contribution in [1.82, 2.24) is 10.6 Å². The predicted octanol–water partition coefficient (Wildman–Crippen LogP) is 2.96. The van der Waals surface area contributed by atoms with Crippen molar-refractivity contribution in [1.29, 1.82) is 0 Å². The molecule has 0 saturated carbocycles. The van der Waals surface area contributed by atoms with Gasteiger partial charge in [0.05, 0.1) is 6.10 Å². The van der Waals surface area contributed by atoms with Gasteiger partial charge >= 0.3 is 12.6 Å². The molecule has 5 nitrogen and oxygen atoms in total. The minimum Gasteiger partial charge on any atom is -0.434 e. The van der Waals surface area contributed by atoms with Crippen molar-refractivity contribution in [3.05, 3.63) is 29.3 Å². The largest absolute Gasteiger partial charge is 0.434 e. The van der Waals surface area contributed by atoms with Crippen LogP contribution in [0.4, 0.5) is 13.6 Å². The number of aryl methyl sites for hydroxylation is 1. The molecule has 1 fully saturated rings. The van der Waals surface area contributed by atoms with Crippen LogP contribution in [0.5, 0.6) is 5.75 Å². The number of urea groups is 1. The minimum absolute atomic E-state index is 0.0630. The molecule has 2 N–H and O–H groups in total. The Labute approximate surface area is 134 Å². The summed E-state index contributed by atoms with van der Waals surface area (Å²) < 4.78 is 34.7. The number of amides is 2. The molecule has 1 saturated heterocycles. The van der Waals surface area contributed by atoms with E-state index < -0.39 is 6.61 Å². The number of ether oxygens (including phenoxy) is 2. The Bertz CT molecular complexity index is 540. The van der Waals surface area contributed by atoms with E-state index in [-0.39, 0.29) is 30.5 Å². The molecule has 2 rings (SSSR count). The maximum Gasteiger partial charge on any atom is 0.387 e. The van der Waals surface area contributed by atoms with Gasteiger partial charge in [-0.3, -0.25) is 0 Å². The van der Waals surface area contributed by atoms with Crippen LogP contribution < -0.4 is 15.4 Å². The molecule has 0 bridgehead atoms. The van der Waals surface area contributed by atoms with Crippen molar-refractivity contribution in [2.45, 2.75) is 52.0 Å². The zero-order chi connectivity index (χ0) is 16.8. The van der Waals surface area contributed by atoms with E-state index in [1.165, 1.54) is 6.07 Å². The zero-order valence-corrected chi connectivity index (χ0v) is 13.3. The van der Waals surface area contributed by atoms with Gasteiger partial charge in [0.15, 0.2) is 0 Å². The molecule has 0 aliphatic carbocycles. The normalized spacial score (nSPS) is 21.1.